The quantitative estimate of drug-likeness (QED) is 0.211. The summed E-state index contributed by atoms with van der Waals surface area (Å²) in [5.41, 5.74) is 13.4. The Kier molecular flexibility index (Phi) is 6.43. The van der Waals surface area contributed by atoms with Crippen molar-refractivity contribution in [2.75, 3.05) is 4.90 Å². The van der Waals surface area contributed by atoms with E-state index in [9.17, 15) is 5.26 Å². The summed E-state index contributed by atoms with van der Waals surface area (Å²) >= 11 is 0. The van der Waals surface area contributed by atoms with E-state index in [0.29, 0.717) is 17.3 Å². The molecule has 1 aromatic heterocycles. The molecule has 218 valence electrons. The molecule has 4 nitrogen and oxygen atoms in total. The molecule has 1 N–H and O–H groups in total. The van der Waals surface area contributed by atoms with Gasteiger partial charge < -0.3 is 9.88 Å². The minimum atomic E-state index is 0.0427. The van der Waals surface area contributed by atoms with Gasteiger partial charge in [-0.05, 0) is 100 Å². The third kappa shape index (κ3) is 4.73. The van der Waals surface area contributed by atoms with Crippen molar-refractivity contribution < 1.29 is 0 Å². The second-order valence-electron chi connectivity index (χ2n) is 13.0. The summed E-state index contributed by atoms with van der Waals surface area (Å²) in [6.45, 7) is 4.69. The molecular weight excluding hydrogens is 548 g/mol. The fourth-order valence-electron chi connectivity index (χ4n) is 7.50. The summed E-state index contributed by atoms with van der Waals surface area (Å²) in [6, 6.07) is 36.7. The summed E-state index contributed by atoms with van der Waals surface area (Å²) in [7, 11) is 0. The van der Waals surface area contributed by atoms with Crippen LogP contribution in [-0.2, 0) is 0 Å². The maximum atomic E-state index is 10.3. The second kappa shape index (κ2) is 10.6. The first-order valence-corrected chi connectivity index (χ1v) is 15.8. The summed E-state index contributed by atoms with van der Waals surface area (Å²) in [4.78, 5) is 10.5. The van der Waals surface area contributed by atoms with E-state index in [4.69, 9.17) is 4.98 Å². The van der Waals surface area contributed by atoms with Crippen LogP contribution in [0.4, 0.5) is 17.1 Å². The Bertz CT molecular complexity index is 2050. The maximum absolute atomic E-state index is 10.3. The van der Waals surface area contributed by atoms with Gasteiger partial charge in [-0.15, -0.1) is 0 Å². The van der Waals surface area contributed by atoms with Crippen LogP contribution in [0.25, 0.3) is 34.3 Å². The topological polar surface area (TPSA) is 55.7 Å². The Hall–Kier alpha value is -5.40. The largest absolute Gasteiger partial charge is 0.337 e. The van der Waals surface area contributed by atoms with Crippen LogP contribution in [0.15, 0.2) is 120 Å². The SMILES string of the molecule is CC1(C)C/C(=C(/C#N)c2nc3ccccc3[nH]2)C=C2C=C(c3ccc(N4c5ccccc5C=Cc5ccccc54)cc3)CCC21. The van der Waals surface area contributed by atoms with Crippen molar-refractivity contribution in [1.82, 2.24) is 9.97 Å². The summed E-state index contributed by atoms with van der Waals surface area (Å²) in [6.07, 6.45) is 12.1. The Morgan fingerprint density at radius 1 is 0.844 bits per heavy atom. The van der Waals surface area contributed by atoms with E-state index >= 15 is 0 Å². The predicted molar refractivity (Wildman–Crippen MR) is 186 cm³/mol. The number of nitrogens with zero attached hydrogens (tertiary/aromatic N) is 3. The molecule has 0 fully saturated rings. The van der Waals surface area contributed by atoms with Gasteiger partial charge in [0.25, 0.3) is 0 Å². The monoisotopic (exact) mass is 582 g/mol. The number of hydrogen-bond donors (Lipinski definition) is 1. The lowest BCUT2D eigenvalue weighted by Gasteiger charge is -2.42. The van der Waals surface area contributed by atoms with Gasteiger partial charge in [-0.1, -0.05) is 98.8 Å². The van der Waals surface area contributed by atoms with Crippen molar-refractivity contribution in [2.45, 2.75) is 33.1 Å². The van der Waals surface area contributed by atoms with E-state index in [-0.39, 0.29) is 5.41 Å². The molecule has 1 atom stereocenters. The number of rotatable bonds is 3. The third-order valence-corrected chi connectivity index (χ3v) is 9.73. The number of hydrogen-bond acceptors (Lipinski definition) is 3. The second-order valence-corrected chi connectivity index (χ2v) is 13.0. The highest BCUT2D eigenvalue weighted by atomic mass is 15.1. The molecule has 0 saturated carbocycles. The van der Waals surface area contributed by atoms with Gasteiger partial charge in [-0.2, -0.15) is 5.26 Å². The van der Waals surface area contributed by atoms with E-state index in [0.717, 1.165) is 41.6 Å². The zero-order chi connectivity index (χ0) is 30.5. The normalized spacial score (nSPS) is 19.4. The number of benzene rings is 4. The van der Waals surface area contributed by atoms with Crippen LogP contribution in [0.2, 0.25) is 0 Å². The number of H-pyrrole nitrogens is 1. The fourth-order valence-corrected chi connectivity index (χ4v) is 7.50. The lowest BCUT2D eigenvalue weighted by molar-refractivity contribution is 0.228. The first-order valence-electron chi connectivity index (χ1n) is 15.8. The molecule has 5 aromatic rings. The number of aromatic amines is 1. The van der Waals surface area contributed by atoms with Crippen LogP contribution < -0.4 is 4.90 Å². The van der Waals surface area contributed by atoms with Gasteiger partial charge in [0.2, 0.25) is 0 Å². The number of anilines is 3. The van der Waals surface area contributed by atoms with Crippen LogP contribution in [0.1, 0.15) is 55.6 Å². The number of nitrogens with one attached hydrogen (secondary N) is 1. The molecular formula is C41H34N4. The molecule has 0 bridgehead atoms. The first-order chi connectivity index (χ1) is 22.0. The molecule has 0 saturated heterocycles. The van der Waals surface area contributed by atoms with Gasteiger partial charge in [0.15, 0.2) is 0 Å². The molecule has 2 aliphatic carbocycles. The van der Waals surface area contributed by atoms with E-state index in [1.54, 1.807) is 0 Å². The van der Waals surface area contributed by atoms with Crippen molar-refractivity contribution in [3.05, 3.63) is 143 Å². The molecule has 0 amide bonds. The third-order valence-electron chi connectivity index (χ3n) is 9.73. The van der Waals surface area contributed by atoms with Crippen molar-refractivity contribution in [3.8, 4) is 6.07 Å². The average Bonchev–Trinajstić information content (AvgIpc) is 3.41. The van der Waals surface area contributed by atoms with Gasteiger partial charge in [0.05, 0.1) is 28.0 Å². The molecule has 1 unspecified atom stereocenters. The zero-order valence-electron chi connectivity index (χ0n) is 25.6. The van der Waals surface area contributed by atoms with Crippen LogP contribution in [-0.4, -0.2) is 9.97 Å². The van der Waals surface area contributed by atoms with Gasteiger partial charge in [0.1, 0.15) is 11.9 Å². The molecule has 2 heterocycles. The van der Waals surface area contributed by atoms with Crippen molar-refractivity contribution in [1.29, 1.82) is 5.26 Å². The van der Waals surface area contributed by atoms with Crippen LogP contribution in [0.3, 0.4) is 0 Å². The first kappa shape index (κ1) is 27.2. The number of para-hydroxylation sites is 4. The summed E-state index contributed by atoms with van der Waals surface area (Å²) in [5, 5.41) is 10.3. The van der Waals surface area contributed by atoms with Gasteiger partial charge in [-0.3, -0.25) is 0 Å². The molecule has 3 aliphatic rings. The fraction of sp³-hybridized carbons (Fsp3) is 0.171. The Morgan fingerprint density at radius 3 is 2.20 bits per heavy atom. The van der Waals surface area contributed by atoms with Gasteiger partial charge in [-0.25, -0.2) is 4.98 Å². The number of imidazole rings is 1. The number of nitriles is 1. The van der Waals surface area contributed by atoms with E-state index < -0.39 is 0 Å². The van der Waals surface area contributed by atoms with Gasteiger partial charge >= 0.3 is 0 Å². The van der Waals surface area contributed by atoms with Crippen molar-refractivity contribution in [2.24, 2.45) is 11.3 Å². The summed E-state index contributed by atoms with van der Waals surface area (Å²) in [5.74, 6) is 1.11. The van der Waals surface area contributed by atoms with Crippen LogP contribution in [0.5, 0.6) is 0 Å². The Balaban J connectivity index is 1.17. The zero-order valence-corrected chi connectivity index (χ0v) is 25.6. The minimum absolute atomic E-state index is 0.0427. The van der Waals surface area contributed by atoms with E-state index in [1.807, 2.05) is 24.3 Å². The highest BCUT2D eigenvalue weighted by molar-refractivity contribution is 5.93. The van der Waals surface area contributed by atoms with E-state index in [1.165, 1.54) is 39.2 Å². The maximum Gasteiger partial charge on any atom is 0.149 e. The van der Waals surface area contributed by atoms with Crippen LogP contribution >= 0.6 is 0 Å². The smallest absolute Gasteiger partial charge is 0.149 e. The average molecular weight is 583 g/mol. The lowest BCUT2D eigenvalue weighted by atomic mass is 9.62. The molecule has 4 aromatic carbocycles. The minimum Gasteiger partial charge on any atom is -0.337 e. The number of aromatic nitrogens is 2. The number of fused-ring (bicyclic) bond motifs is 4. The molecule has 0 radical (unpaired) electrons. The Labute approximate surface area is 264 Å². The predicted octanol–water partition coefficient (Wildman–Crippen LogP) is 10.6. The Morgan fingerprint density at radius 2 is 1.51 bits per heavy atom. The van der Waals surface area contributed by atoms with Crippen molar-refractivity contribution in [3.63, 3.8) is 0 Å². The molecule has 0 spiro atoms. The highest BCUT2D eigenvalue weighted by Crippen LogP contribution is 2.51. The lowest BCUT2D eigenvalue weighted by Crippen LogP contribution is -2.31. The van der Waals surface area contributed by atoms with Gasteiger partial charge in [0, 0.05) is 5.69 Å². The molecule has 8 rings (SSSR count). The number of allylic oxidation sites excluding steroid dienone is 6. The van der Waals surface area contributed by atoms with Crippen LogP contribution in [0, 0.1) is 22.7 Å². The molecule has 1 aliphatic heterocycles. The molecule has 4 heteroatoms. The highest BCUT2D eigenvalue weighted by Gasteiger charge is 2.38. The van der Waals surface area contributed by atoms with Crippen molar-refractivity contribution >= 4 is 51.4 Å². The standard InChI is InChI=1S/C41H34N4/c1-41(2)25-32(34(26-42)40-43-36-11-5-6-12-37(36)44-40)24-31-23-30(19-22-35(31)41)27-17-20-33(21-18-27)45-38-13-7-3-9-28(38)15-16-29-10-4-8-14-39(29)45/h3-18,20-21,23-24,35H,19,22,25H2,1-2H3,(H,43,44)/b34-32-. The summed E-state index contributed by atoms with van der Waals surface area (Å²) < 4.78 is 0. The van der Waals surface area contributed by atoms with E-state index in [2.05, 4.69) is 127 Å². The molecule has 45 heavy (non-hydrogen) atoms.